The highest BCUT2D eigenvalue weighted by molar-refractivity contribution is 5.77. The van der Waals surface area contributed by atoms with Crippen molar-refractivity contribution in [2.24, 2.45) is 0 Å². The van der Waals surface area contributed by atoms with E-state index in [0.717, 1.165) is 6.42 Å². The van der Waals surface area contributed by atoms with Gasteiger partial charge in [0.15, 0.2) is 6.61 Å². The Morgan fingerprint density at radius 1 is 1.53 bits per heavy atom. The van der Waals surface area contributed by atoms with Crippen molar-refractivity contribution in [3.63, 3.8) is 0 Å². The highest BCUT2D eigenvalue weighted by Crippen LogP contribution is 2.21. The molecule has 6 heteroatoms. The van der Waals surface area contributed by atoms with Crippen LogP contribution in [0, 0.1) is 11.3 Å². The molecule has 0 radical (unpaired) electrons. The number of nitrogen functional groups attached to an aromatic ring is 1. The summed E-state index contributed by atoms with van der Waals surface area (Å²) in [5.41, 5.74) is 6.49. The third kappa shape index (κ3) is 5.27. The number of anilines is 1. The van der Waals surface area contributed by atoms with E-state index in [1.54, 1.807) is 19.2 Å². The molecule has 0 aliphatic rings. The fraction of sp³-hybridized carbons (Fsp3) is 0.385. The lowest BCUT2D eigenvalue weighted by Gasteiger charge is -2.09. The molecular weight excluding hydrogens is 246 g/mol. The summed E-state index contributed by atoms with van der Waals surface area (Å²) in [4.78, 5) is 11.4. The van der Waals surface area contributed by atoms with Gasteiger partial charge < -0.3 is 20.5 Å². The van der Waals surface area contributed by atoms with Crippen molar-refractivity contribution in [2.45, 2.75) is 6.42 Å². The lowest BCUT2D eigenvalue weighted by Crippen LogP contribution is -2.30. The summed E-state index contributed by atoms with van der Waals surface area (Å²) in [5, 5.41) is 11.4. The number of methoxy groups -OCH3 is 1. The predicted octanol–water partition coefficient (Wildman–Crippen LogP) is 0.672. The Bertz CT molecular complexity index is 469. The molecule has 0 fully saturated rings. The van der Waals surface area contributed by atoms with Crippen molar-refractivity contribution in [2.75, 3.05) is 32.6 Å². The minimum Gasteiger partial charge on any atom is -0.482 e. The monoisotopic (exact) mass is 263 g/mol. The molecule has 1 amide bonds. The van der Waals surface area contributed by atoms with Crippen molar-refractivity contribution < 1.29 is 14.3 Å². The topological polar surface area (TPSA) is 97.4 Å². The summed E-state index contributed by atoms with van der Waals surface area (Å²) in [6.45, 7) is 1.03. The minimum atomic E-state index is -0.222. The molecule has 102 valence electrons. The van der Waals surface area contributed by atoms with E-state index >= 15 is 0 Å². The summed E-state index contributed by atoms with van der Waals surface area (Å²) in [5.74, 6) is 0.172. The summed E-state index contributed by atoms with van der Waals surface area (Å²) in [7, 11) is 1.61. The van der Waals surface area contributed by atoms with Gasteiger partial charge in [-0.3, -0.25) is 4.79 Å². The second-order valence-electron chi connectivity index (χ2n) is 3.85. The minimum absolute atomic E-state index is 0.108. The zero-order chi connectivity index (χ0) is 14.1. The molecule has 6 nitrogen and oxygen atoms in total. The first-order valence-electron chi connectivity index (χ1n) is 5.85. The van der Waals surface area contributed by atoms with Crippen LogP contribution >= 0.6 is 0 Å². The van der Waals surface area contributed by atoms with E-state index in [0.29, 0.717) is 30.2 Å². The van der Waals surface area contributed by atoms with Crippen LogP contribution in [0.1, 0.15) is 12.0 Å². The molecule has 0 heterocycles. The van der Waals surface area contributed by atoms with Gasteiger partial charge in [-0.1, -0.05) is 0 Å². The maximum absolute atomic E-state index is 11.4. The van der Waals surface area contributed by atoms with E-state index in [1.165, 1.54) is 6.07 Å². The lowest BCUT2D eigenvalue weighted by atomic mass is 10.2. The number of carbonyl (C=O) groups excluding carboxylic acids is 1. The van der Waals surface area contributed by atoms with Gasteiger partial charge in [0, 0.05) is 20.3 Å². The zero-order valence-electron chi connectivity index (χ0n) is 10.8. The van der Waals surface area contributed by atoms with E-state index in [2.05, 4.69) is 5.32 Å². The van der Waals surface area contributed by atoms with Gasteiger partial charge in [0.25, 0.3) is 5.91 Å². The van der Waals surface area contributed by atoms with E-state index in [1.807, 2.05) is 6.07 Å². The fourth-order valence-corrected chi connectivity index (χ4v) is 1.39. The smallest absolute Gasteiger partial charge is 0.257 e. The van der Waals surface area contributed by atoms with Crippen molar-refractivity contribution in [1.82, 2.24) is 5.32 Å². The SMILES string of the molecule is COCCCNC(=O)COc1ccc(C#N)cc1N. The number of amides is 1. The average molecular weight is 263 g/mol. The normalized spacial score (nSPS) is 9.68. The molecule has 1 aromatic rings. The Hall–Kier alpha value is -2.26. The summed E-state index contributed by atoms with van der Waals surface area (Å²) in [6, 6.07) is 6.64. The first-order chi connectivity index (χ1) is 9.17. The molecule has 0 aromatic heterocycles. The number of nitriles is 1. The molecule has 19 heavy (non-hydrogen) atoms. The van der Waals surface area contributed by atoms with Crippen LogP contribution in [-0.4, -0.2) is 32.8 Å². The maximum Gasteiger partial charge on any atom is 0.257 e. The van der Waals surface area contributed by atoms with Crippen LogP contribution in [0.25, 0.3) is 0 Å². The molecule has 0 saturated carbocycles. The Morgan fingerprint density at radius 2 is 2.32 bits per heavy atom. The van der Waals surface area contributed by atoms with Crippen LogP contribution in [0.4, 0.5) is 5.69 Å². The standard InChI is InChI=1S/C13H17N3O3/c1-18-6-2-5-16-13(17)9-19-12-4-3-10(8-14)7-11(12)15/h3-4,7H,2,5-6,9,15H2,1H3,(H,16,17). The van der Waals surface area contributed by atoms with Gasteiger partial charge in [0.05, 0.1) is 17.3 Å². The molecule has 0 spiro atoms. The van der Waals surface area contributed by atoms with Gasteiger partial charge in [-0.2, -0.15) is 5.26 Å². The van der Waals surface area contributed by atoms with Crippen LogP contribution in [0.3, 0.4) is 0 Å². The molecule has 0 bridgehead atoms. The van der Waals surface area contributed by atoms with Crippen LogP contribution < -0.4 is 15.8 Å². The van der Waals surface area contributed by atoms with E-state index in [4.69, 9.17) is 20.5 Å². The number of benzene rings is 1. The van der Waals surface area contributed by atoms with E-state index in [-0.39, 0.29) is 12.5 Å². The molecule has 3 N–H and O–H groups in total. The van der Waals surface area contributed by atoms with Crippen molar-refractivity contribution in [3.05, 3.63) is 23.8 Å². The number of rotatable bonds is 7. The van der Waals surface area contributed by atoms with Crippen molar-refractivity contribution in [1.29, 1.82) is 5.26 Å². The second kappa shape index (κ2) is 7.95. The Balaban J connectivity index is 2.36. The molecule has 0 atom stereocenters. The molecule has 0 aliphatic heterocycles. The van der Waals surface area contributed by atoms with Gasteiger partial charge in [-0.25, -0.2) is 0 Å². The molecule has 1 rings (SSSR count). The quantitative estimate of drug-likeness (QED) is 0.556. The second-order valence-corrected chi connectivity index (χ2v) is 3.85. The van der Waals surface area contributed by atoms with Gasteiger partial charge in [-0.15, -0.1) is 0 Å². The summed E-state index contributed by atoms with van der Waals surface area (Å²) in [6.07, 6.45) is 0.751. The maximum atomic E-state index is 11.4. The first kappa shape index (κ1) is 14.8. The molecule has 0 aliphatic carbocycles. The number of ether oxygens (including phenoxy) is 2. The number of nitrogens with zero attached hydrogens (tertiary/aromatic N) is 1. The third-order valence-corrected chi connectivity index (χ3v) is 2.35. The van der Waals surface area contributed by atoms with Crippen molar-refractivity contribution >= 4 is 11.6 Å². The van der Waals surface area contributed by atoms with Gasteiger partial charge in [0.2, 0.25) is 0 Å². The Morgan fingerprint density at radius 3 is 2.95 bits per heavy atom. The van der Waals surface area contributed by atoms with Crippen LogP contribution in [0.5, 0.6) is 5.75 Å². The van der Waals surface area contributed by atoms with Crippen LogP contribution in [-0.2, 0) is 9.53 Å². The number of hydrogen-bond acceptors (Lipinski definition) is 5. The number of hydrogen-bond donors (Lipinski definition) is 2. The largest absolute Gasteiger partial charge is 0.482 e. The predicted molar refractivity (Wildman–Crippen MR) is 70.6 cm³/mol. The Labute approximate surface area is 112 Å². The van der Waals surface area contributed by atoms with E-state index < -0.39 is 0 Å². The number of nitrogens with one attached hydrogen (secondary N) is 1. The van der Waals surface area contributed by atoms with Gasteiger partial charge in [-0.05, 0) is 24.6 Å². The van der Waals surface area contributed by atoms with Gasteiger partial charge in [0.1, 0.15) is 5.75 Å². The van der Waals surface area contributed by atoms with Gasteiger partial charge >= 0.3 is 0 Å². The van der Waals surface area contributed by atoms with Crippen LogP contribution in [0.2, 0.25) is 0 Å². The average Bonchev–Trinajstić information content (AvgIpc) is 2.42. The lowest BCUT2D eigenvalue weighted by molar-refractivity contribution is -0.123. The van der Waals surface area contributed by atoms with Crippen molar-refractivity contribution in [3.8, 4) is 11.8 Å². The molecular formula is C13H17N3O3. The highest BCUT2D eigenvalue weighted by atomic mass is 16.5. The highest BCUT2D eigenvalue weighted by Gasteiger charge is 2.05. The summed E-state index contributed by atoms with van der Waals surface area (Å²) < 4.78 is 10.1. The molecule has 1 aromatic carbocycles. The van der Waals surface area contributed by atoms with Crippen LogP contribution in [0.15, 0.2) is 18.2 Å². The first-order valence-corrected chi connectivity index (χ1v) is 5.85. The molecule has 0 unspecified atom stereocenters. The fourth-order valence-electron chi connectivity index (χ4n) is 1.39. The van der Waals surface area contributed by atoms with E-state index in [9.17, 15) is 4.79 Å². The summed E-state index contributed by atoms with van der Waals surface area (Å²) >= 11 is 0. The Kier molecular flexibility index (Phi) is 6.19. The number of carbonyl (C=O) groups is 1. The number of nitrogens with two attached hydrogens (primary N) is 1. The molecule has 0 saturated heterocycles. The third-order valence-electron chi connectivity index (χ3n) is 2.35. The zero-order valence-corrected chi connectivity index (χ0v) is 10.8.